The molecule has 0 aliphatic rings. The summed E-state index contributed by atoms with van der Waals surface area (Å²) in [5, 5.41) is 5.04. The number of amides is 2. The molecule has 0 unspecified atom stereocenters. The maximum atomic E-state index is 12.4. The molecule has 0 saturated carbocycles. The summed E-state index contributed by atoms with van der Waals surface area (Å²) in [5.41, 5.74) is -4.72. The predicted octanol–water partition coefficient (Wildman–Crippen LogP) is 4.22. The van der Waals surface area contributed by atoms with Crippen LogP contribution in [0.4, 0.5) is 23.7 Å². The molecular weight excluding hydrogens is 277 g/mol. The molecule has 0 aromatic heterocycles. The molecule has 0 fully saturated rings. The Kier molecular flexibility index (Phi) is 4.73. The molecule has 1 rings (SSSR count). The lowest BCUT2D eigenvalue weighted by Crippen LogP contribution is -2.43. The van der Waals surface area contributed by atoms with Gasteiger partial charge < -0.3 is 10.6 Å². The Balaban J connectivity index is 2.81. The van der Waals surface area contributed by atoms with E-state index in [9.17, 15) is 18.0 Å². The number of benzene rings is 1. The van der Waals surface area contributed by atoms with Crippen molar-refractivity contribution in [3.63, 3.8) is 0 Å². The van der Waals surface area contributed by atoms with E-state index < -0.39 is 17.1 Å². The van der Waals surface area contributed by atoms with Gasteiger partial charge in [0.1, 0.15) is 0 Å². The van der Waals surface area contributed by atoms with Crippen molar-refractivity contribution in [1.29, 1.82) is 0 Å². The number of anilines is 1. The van der Waals surface area contributed by atoms with Crippen LogP contribution in [0.15, 0.2) is 29.2 Å². The van der Waals surface area contributed by atoms with E-state index in [1.807, 2.05) is 0 Å². The molecule has 19 heavy (non-hydrogen) atoms. The number of hydrogen-bond acceptors (Lipinski definition) is 2. The highest BCUT2D eigenvalue weighted by Gasteiger charge is 2.30. The minimum atomic E-state index is -4.39. The molecule has 2 amide bonds. The molecule has 7 heteroatoms. The van der Waals surface area contributed by atoms with Crippen LogP contribution in [0.25, 0.3) is 0 Å². The Bertz CT molecular complexity index is 455. The van der Waals surface area contributed by atoms with E-state index in [1.54, 1.807) is 26.8 Å². The van der Waals surface area contributed by atoms with Crippen molar-refractivity contribution in [1.82, 2.24) is 5.32 Å². The molecule has 1 aromatic rings. The summed E-state index contributed by atoms with van der Waals surface area (Å²) < 4.78 is 37.1. The normalized spacial score (nSPS) is 12.1. The van der Waals surface area contributed by atoms with Crippen molar-refractivity contribution in [2.45, 2.75) is 36.7 Å². The third-order valence-corrected chi connectivity index (χ3v) is 2.66. The summed E-state index contributed by atoms with van der Waals surface area (Å²) in [6, 6.07) is 5.25. The van der Waals surface area contributed by atoms with Crippen LogP contribution in [0.1, 0.15) is 20.8 Å². The average Bonchev–Trinajstić information content (AvgIpc) is 2.15. The molecule has 0 saturated heterocycles. The maximum Gasteiger partial charge on any atom is 0.446 e. The first kappa shape index (κ1) is 15.7. The third kappa shape index (κ3) is 6.37. The highest BCUT2D eigenvalue weighted by Crippen LogP contribution is 2.40. The Morgan fingerprint density at radius 1 is 1.16 bits per heavy atom. The number of rotatable bonds is 2. The lowest BCUT2D eigenvalue weighted by atomic mass is 10.1. The van der Waals surface area contributed by atoms with Crippen LogP contribution >= 0.6 is 11.8 Å². The molecular formula is C12H15F3N2OS. The number of hydrogen-bond donors (Lipinski definition) is 2. The minimum Gasteiger partial charge on any atom is -0.333 e. The van der Waals surface area contributed by atoms with Crippen molar-refractivity contribution in [2.75, 3.05) is 5.32 Å². The Hall–Kier alpha value is -1.37. The molecule has 0 spiro atoms. The van der Waals surface area contributed by atoms with Gasteiger partial charge in [-0.2, -0.15) is 13.2 Å². The molecule has 0 heterocycles. The number of para-hydroxylation sites is 1. The van der Waals surface area contributed by atoms with E-state index in [0.29, 0.717) is 0 Å². The van der Waals surface area contributed by atoms with Gasteiger partial charge in [0.25, 0.3) is 0 Å². The lowest BCUT2D eigenvalue weighted by Gasteiger charge is -2.21. The number of halogens is 3. The molecule has 3 nitrogen and oxygen atoms in total. The van der Waals surface area contributed by atoms with Gasteiger partial charge in [0.05, 0.1) is 5.69 Å². The van der Waals surface area contributed by atoms with Gasteiger partial charge in [-0.05, 0) is 44.7 Å². The Morgan fingerprint density at radius 3 is 2.26 bits per heavy atom. The smallest absolute Gasteiger partial charge is 0.333 e. The topological polar surface area (TPSA) is 41.1 Å². The zero-order valence-electron chi connectivity index (χ0n) is 10.8. The summed E-state index contributed by atoms with van der Waals surface area (Å²) in [5.74, 6) is 0. The number of urea groups is 1. The van der Waals surface area contributed by atoms with Crippen LogP contribution in [0, 0.1) is 0 Å². The van der Waals surface area contributed by atoms with Gasteiger partial charge in [-0.15, -0.1) is 0 Å². The highest BCUT2D eigenvalue weighted by molar-refractivity contribution is 8.00. The lowest BCUT2D eigenvalue weighted by molar-refractivity contribution is -0.0328. The Morgan fingerprint density at radius 2 is 1.74 bits per heavy atom. The quantitative estimate of drug-likeness (QED) is 0.801. The molecule has 0 atom stereocenters. The minimum absolute atomic E-state index is 0.0425. The first-order valence-corrected chi connectivity index (χ1v) is 6.32. The Labute approximate surface area is 114 Å². The van der Waals surface area contributed by atoms with Crippen molar-refractivity contribution in [3.8, 4) is 0 Å². The fraction of sp³-hybridized carbons (Fsp3) is 0.417. The second-order valence-corrected chi connectivity index (χ2v) is 5.98. The van der Waals surface area contributed by atoms with E-state index in [0.717, 1.165) is 0 Å². The third-order valence-electron chi connectivity index (χ3n) is 1.85. The van der Waals surface area contributed by atoms with E-state index >= 15 is 0 Å². The summed E-state index contributed by atoms with van der Waals surface area (Å²) in [6.07, 6.45) is 0. The maximum absolute atomic E-state index is 12.4. The first-order valence-electron chi connectivity index (χ1n) is 5.51. The second-order valence-electron chi connectivity index (χ2n) is 4.87. The molecule has 1 aromatic carbocycles. The average molecular weight is 292 g/mol. The fourth-order valence-electron chi connectivity index (χ4n) is 1.28. The molecule has 106 valence electrons. The van der Waals surface area contributed by atoms with Crippen LogP contribution in [0.3, 0.4) is 0 Å². The fourth-order valence-corrected chi connectivity index (χ4v) is 1.90. The van der Waals surface area contributed by atoms with Crippen molar-refractivity contribution < 1.29 is 18.0 Å². The van der Waals surface area contributed by atoms with Crippen LogP contribution in [0.5, 0.6) is 0 Å². The first-order chi connectivity index (χ1) is 8.57. The standard InChI is InChI=1S/C12H15F3N2OS/c1-11(2,3)17-10(18)16-8-6-4-5-7-9(8)19-12(13,14)15/h4-7H,1-3H3,(H2,16,17,18). The van der Waals surface area contributed by atoms with Crippen LogP contribution < -0.4 is 10.6 Å². The van der Waals surface area contributed by atoms with E-state index in [1.165, 1.54) is 18.2 Å². The van der Waals surface area contributed by atoms with Gasteiger partial charge >= 0.3 is 11.5 Å². The van der Waals surface area contributed by atoms with Crippen LogP contribution in [-0.4, -0.2) is 17.1 Å². The van der Waals surface area contributed by atoms with E-state index in [-0.39, 0.29) is 22.3 Å². The van der Waals surface area contributed by atoms with Crippen LogP contribution in [0.2, 0.25) is 0 Å². The number of carbonyl (C=O) groups is 1. The van der Waals surface area contributed by atoms with E-state index in [2.05, 4.69) is 10.6 Å². The number of carbonyl (C=O) groups excluding carboxylic acids is 1. The van der Waals surface area contributed by atoms with Gasteiger partial charge in [0.2, 0.25) is 0 Å². The number of thioether (sulfide) groups is 1. The van der Waals surface area contributed by atoms with Crippen molar-refractivity contribution in [2.24, 2.45) is 0 Å². The predicted molar refractivity (Wildman–Crippen MR) is 70.3 cm³/mol. The van der Waals surface area contributed by atoms with E-state index in [4.69, 9.17) is 0 Å². The molecule has 0 aliphatic heterocycles. The molecule has 2 N–H and O–H groups in total. The van der Waals surface area contributed by atoms with Gasteiger partial charge in [-0.3, -0.25) is 0 Å². The second kappa shape index (κ2) is 5.73. The van der Waals surface area contributed by atoms with Crippen molar-refractivity contribution >= 4 is 23.5 Å². The number of alkyl halides is 3. The van der Waals surface area contributed by atoms with Gasteiger partial charge in [-0.1, -0.05) is 12.1 Å². The largest absolute Gasteiger partial charge is 0.446 e. The summed E-state index contributed by atoms with van der Waals surface area (Å²) in [7, 11) is 0. The zero-order chi connectivity index (χ0) is 14.7. The molecule has 0 bridgehead atoms. The monoisotopic (exact) mass is 292 g/mol. The summed E-state index contributed by atoms with van der Waals surface area (Å²) in [4.78, 5) is 11.6. The van der Waals surface area contributed by atoms with Gasteiger partial charge in [0, 0.05) is 10.4 Å². The zero-order valence-corrected chi connectivity index (χ0v) is 11.6. The van der Waals surface area contributed by atoms with Gasteiger partial charge in [0.15, 0.2) is 0 Å². The molecule has 0 aliphatic carbocycles. The SMILES string of the molecule is CC(C)(C)NC(=O)Nc1ccccc1SC(F)(F)F. The molecule has 0 radical (unpaired) electrons. The highest BCUT2D eigenvalue weighted by atomic mass is 32.2. The number of nitrogens with one attached hydrogen (secondary N) is 2. The van der Waals surface area contributed by atoms with Gasteiger partial charge in [-0.25, -0.2) is 4.79 Å². The summed E-state index contributed by atoms with van der Waals surface area (Å²) in [6.45, 7) is 5.34. The summed E-state index contributed by atoms with van der Waals surface area (Å²) >= 11 is -0.255. The van der Waals surface area contributed by atoms with Crippen LogP contribution in [-0.2, 0) is 0 Å². The van der Waals surface area contributed by atoms with Crippen molar-refractivity contribution in [3.05, 3.63) is 24.3 Å².